The van der Waals surface area contributed by atoms with Gasteiger partial charge in [0, 0.05) is 19.2 Å². The highest BCUT2D eigenvalue weighted by Gasteiger charge is 2.31. The molecule has 156 valence electrons. The van der Waals surface area contributed by atoms with Crippen molar-refractivity contribution in [2.75, 3.05) is 19.0 Å². The van der Waals surface area contributed by atoms with E-state index in [2.05, 4.69) is 10.3 Å². The van der Waals surface area contributed by atoms with E-state index in [-0.39, 0.29) is 11.8 Å². The van der Waals surface area contributed by atoms with Gasteiger partial charge in [0.2, 0.25) is 5.91 Å². The molecule has 0 bridgehead atoms. The van der Waals surface area contributed by atoms with E-state index in [1.54, 1.807) is 30.3 Å². The Bertz CT molecular complexity index is 930. The van der Waals surface area contributed by atoms with Crippen molar-refractivity contribution < 1.29 is 14.3 Å². The van der Waals surface area contributed by atoms with Gasteiger partial charge in [-0.25, -0.2) is 4.98 Å². The molecule has 1 aliphatic heterocycles. The van der Waals surface area contributed by atoms with Gasteiger partial charge in [-0.3, -0.25) is 14.5 Å². The maximum atomic E-state index is 12.7. The van der Waals surface area contributed by atoms with Gasteiger partial charge in [-0.1, -0.05) is 48.6 Å². The molecule has 0 radical (unpaired) electrons. The molecule has 6 nitrogen and oxygen atoms in total. The van der Waals surface area contributed by atoms with Crippen LogP contribution in [-0.4, -0.2) is 39.7 Å². The highest BCUT2D eigenvalue weighted by Crippen LogP contribution is 2.33. The Morgan fingerprint density at radius 1 is 1.20 bits per heavy atom. The van der Waals surface area contributed by atoms with E-state index in [0.717, 1.165) is 30.6 Å². The molecule has 3 rings (SSSR count). The van der Waals surface area contributed by atoms with Crippen LogP contribution in [-0.2, 0) is 9.59 Å². The number of benzene rings is 1. The molecule has 2 amide bonds. The SMILES string of the molecule is COc1ccc(/C=C2\SC(=S)N(CCCCCC(=O)Nc3ccccn3)C2=O)cc1. The maximum Gasteiger partial charge on any atom is 0.266 e. The molecule has 1 saturated heterocycles. The number of thioether (sulfide) groups is 1. The third-order valence-corrected chi connectivity index (χ3v) is 5.88. The van der Waals surface area contributed by atoms with Crippen molar-refractivity contribution in [2.24, 2.45) is 0 Å². The van der Waals surface area contributed by atoms with E-state index in [0.29, 0.717) is 28.0 Å². The lowest BCUT2D eigenvalue weighted by Crippen LogP contribution is -2.29. The number of methoxy groups -OCH3 is 1. The first-order valence-electron chi connectivity index (χ1n) is 9.67. The highest BCUT2D eigenvalue weighted by atomic mass is 32.2. The molecule has 2 aromatic rings. The van der Waals surface area contributed by atoms with Crippen molar-refractivity contribution in [3.63, 3.8) is 0 Å². The molecule has 0 saturated carbocycles. The molecule has 0 aliphatic carbocycles. The molecular formula is C22H23N3O3S2. The first kappa shape index (κ1) is 22.0. The number of anilines is 1. The number of pyridine rings is 1. The molecule has 30 heavy (non-hydrogen) atoms. The standard InChI is InChI=1S/C22H23N3O3S2/c1-28-17-11-9-16(10-12-17)15-18-21(27)25(22(29)30-18)14-6-2-3-8-20(26)24-19-7-4-5-13-23-19/h4-5,7,9-13,15H,2-3,6,8,14H2,1H3,(H,23,24,26)/b18-15-. The summed E-state index contributed by atoms with van der Waals surface area (Å²) in [6, 6.07) is 12.9. The second-order valence-corrected chi connectivity index (χ2v) is 8.36. The van der Waals surface area contributed by atoms with Gasteiger partial charge in [-0.2, -0.15) is 0 Å². The van der Waals surface area contributed by atoms with E-state index in [1.165, 1.54) is 11.8 Å². The largest absolute Gasteiger partial charge is 0.497 e. The summed E-state index contributed by atoms with van der Waals surface area (Å²) in [5.74, 6) is 1.22. The molecule has 1 N–H and O–H groups in total. The van der Waals surface area contributed by atoms with Gasteiger partial charge in [-0.15, -0.1) is 0 Å². The number of thiocarbonyl (C=S) groups is 1. The molecule has 0 spiro atoms. The van der Waals surface area contributed by atoms with E-state index in [1.807, 2.05) is 36.4 Å². The minimum Gasteiger partial charge on any atom is -0.497 e. The molecule has 1 aliphatic rings. The van der Waals surface area contributed by atoms with Crippen molar-refractivity contribution in [3.8, 4) is 5.75 Å². The topological polar surface area (TPSA) is 71.5 Å². The van der Waals surface area contributed by atoms with E-state index in [9.17, 15) is 9.59 Å². The van der Waals surface area contributed by atoms with Crippen LogP contribution in [0.3, 0.4) is 0 Å². The Hall–Kier alpha value is -2.71. The second kappa shape index (κ2) is 10.9. The van der Waals surface area contributed by atoms with Gasteiger partial charge in [0.05, 0.1) is 12.0 Å². The lowest BCUT2D eigenvalue weighted by molar-refractivity contribution is -0.122. The number of hydrogen-bond acceptors (Lipinski definition) is 6. The van der Waals surface area contributed by atoms with Crippen molar-refractivity contribution in [1.82, 2.24) is 9.88 Å². The molecular weight excluding hydrogens is 418 g/mol. The number of hydrogen-bond donors (Lipinski definition) is 1. The fourth-order valence-corrected chi connectivity index (χ4v) is 4.23. The van der Waals surface area contributed by atoms with Crippen LogP contribution >= 0.6 is 24.0 Å². The van der Waals surface area contributed by atoms with E-state index < -0.39 is 0 Å². The zero-order valence-corrected chi connectivity index (χ0v) is 18.3. The number of nitrogens with one attached hydrogen (secondary N) is 1. The minimum absolute atomic E-state index is 0.0539. The summed E-state index contributed by atoms with van der Waals surface area (Å²) in [7, 11) is 1.62. The Morgan fingerprint density at radius 2 is 2.00 bits per heavy atom. The van der Waals surface area contributed by atoms with Crippen LogP contribution < -0.4 is 10.1 Å². The highest BCUT2D eigenvalue weighted by molar-refractivity contribution is 8.26. The van der Waals surface area contributed by atoms with Crippen LogP contribution in [0.25, 0.3) is 6.08 Å². The Labute approximate surface area is 185 Å². The first-order chi connectivity index (χ1) is 14.6. The molecule has 0 atom stereocenters. The van der Waals surface area contributed by atoms with Gasteiger partial charge in [0.15, 0.2) is 0 Å². The third-order valence-electron chi connectivity index (χ3n) is 4.51. The average Bonchev–Trinajstić information content (AvgIpc) is 3.02. The maximum absolute atomic E-state index is 12.7. The summed E-state index contributed by atoms with van der Waals surface area (Å²) < 4.78 is 5.73. The van der Waals surface area contributed by atoms with Crippen molar-refractivity contribution in [3.05, 3.63) is 59.1 Å². The third kappa shape index (κ3) is 6.14. The monoisotopic (exact) mass is 441 g/mol. The van der Waals surface area contributed by atoms with Gasteiger partial charge in [0.1, 0.15) is 15.9 Å². The van der Waals surface area contributed by atoms with Crippen LogP contribution in [0.4, 0.5) is 5.82 Å². The van der Waals surface area contributed by atoms with Crippen LogP contribution in [0.15, 0.2) is 53.6 Å². The summed E-state index contributed by atoms with van der Waals surface area (Å²) in [6.45, 7) is 0.562. The van der Waals surface area contributed by atoms with Crippen molar-refractivity contribution in [2.45, 2.75) is 25.7 Å². The fourth-order valence-electron chi connectivity index (χ4n) is 2.92. The van der Waals surface area contributed by atoms with E-state index in [4.69, 9.17) is 17.0 Å². The summed E-state index contributed by atoms with van der Waals surface area (Å²) >= 11 is 6.70. The molecule has 1 aromatic carbocycles. The van der Waals surface area contributed by atoms with E-state index >= 15 is 0 Å². The summed E-state index contributed by atoms with van der Waals surface area (Å²) in [4.78, 5) is 31.0. The number of rotatable bonds is 9. The second-order valence-electron chi connectivity index (χ2n) is 6.68. The van der Waals surface area contributed by atoms with Crippen LogP contribution in [0.1, 0.15) is 31.2 Å². The van der Waals surface area contributed by atoms with Gasteiger partial charge >= 0.3 is 0 Å². The molecule has 1 aromatic heterocycles. The zero-order valence-electron chi connectivity index (χ0n) is 16.7. The number of ether oxygens (including phenoxy) is 1. The number of carbonyl (C=O) groups excluding carboxylic acids is 2. The number of carbonyl (C=O) groups is 2. The lowest BCUT2D eigenvalue weighted by atomic mass is 10.1. The smallest absolute Gasteiger partial charge is 0.266 e. The number of aromatic nitrogens is 1. The molecule has 2 heterocycles. The van der Waals surface area contributed by atoms with Gasteiger partial charge in [-0.05, 0) is 48.7 Å². The number of nitrogens with zero attached hydrogens (tertiary/aromatic N) is 2. The van der Waals surface area contributed by atoms with Crippen molar-refractivity contribution in [1.29, 1.82) is 0 Å². The molecule has 8 heteroatoms. The van der Waals surface area contributed by atoms with Gasteiger partial charge < -0.3 is 10.1 Å². The normalized spacial score (nSPS) is 15.0. The minimum atomic E-state index is -0.0614. The predicted octanol–water partition coefficient (Wildman–Crippen LogP) is 4.49. The molecule has 1 fully saturated rings. The van der Waals surface area contributed by atoms with Crippen LogP contribution in [0, 0.1) is 0 Å². The Balaban J connectivity index is 1.42. The quantitative estimate of drug-likeness (QED) is 0.351. The van der Waals surface area contributed by atoms with Crippen LogP contribution in [0.5, 0.6) is 5.75 Å². The number of amides is 2. The van der Waals surface area contributed by atoms with Gasteiger partial charge in [0.25, 0.3) is 5.91 Å². The van der Waals surface area contributed by atoms with Crippen LogP contribution in [0.2, 0.25) is 0 Å². The fraction of sp³-hybridized carbons (Fsp3) is 0.273. The molecule has 0 unspecified atom stereocenters. The predicted molar refractivity (Wildman–Crippen MR) is 124 cm³/mol. The number of unbranched alkanes of at least 4 members (excludes halogenated alkanes) is 2. The lowest BCUT2D eigenvalue weighted by Gasteiger charge is -2.14. The summed E-state index contributed by atoms with van der Waals surface area (Å²) in [6.07, 6.45) is 6.28. The Morgan fingerprint density at radius 3 is 2.70 bits per heavy atom. The summed E-state index contributed by atoms with van der Waals surface area (Å²) in [5.41, 5.74) is 0.926. The van der Waals surface area contributed by atoms with Crippen molar-refractivity contribution >= 4 is 52.0 Å². The zero-order chi connectivity index (χ0) is 21.3. The Kier molecular flexibility index (Phi) is 7.98. The average molecular weight is 442 g/mol. The summed E-state index contributed by atoms with van der Waals surface area (Å²) in [5, 5.41) is 2.77. The first-order valence-corrected chi connectivity index (χ1v) is 10.9.